The van der Waals surface area contributed by atoms with Crippen molar-refractivity contribution >= 4 is 40.6 Å². The van der Waals surface area contributed by atoms with Crippen molar-refractivity contribution in [2.75, 3.05) is 13.7 Å². The number of amidine groups is 1. The minimum absolute atomic E-state index is 0.0362. The Bertz CT molecular complexity index is 1310. The van der Waals surface area contributed by atoms with Gasteiger partial charge in [-0.1, -0.05) is 49.6 Å². The lowest BCUT2D eigenvalue weighted by molar-refractivity contribution is -0.122. The molecule has 2 fully saturated rings. The number of aliphatic imine (C=N–C) groups is 1. The molecule has 3 aromatic rings. The van der Waals surface area contributed by atoms with Crippen LogP contribution < -0.4 is 0 Å². The Kier molecular flexibility index (Phi) is 7.37. The van der Waals surface area contributed by atoms with Crippen LogP contribution in [0.25, 0.3) is 17.4 Å². The summed E-state index contributed by atoms with van der Waals surface area (Å²) in [5.41, 5.74) is 2.04. The number of nitrogens with zero attached hydrogens (tertiary/aromatic N) is 2. The summed E-state index contributed by atoms with van der Waals surface area (Å²) < 4.78 is 10.8. The first-order chi connectivity index (χ1) is 17.6. The van der Waals surface area contributed by atoms with Gasteiger partial charge in [-0.05, 0) is 66.9 Å². The summed E-state index contributed by atoms with van der Waals surface area (Å²) in [5.74, 6) is 1.25. The van der Waals surface area contributed by atoms with E-state index in [2.05, 4.69) is 0 Å². The van der Waals surface area contributed by atoms with Gasteiger partial charge < -0.3 is 9.15 Å². The zero-order valence-electron chi connectivity index (χ0n) is 20.2. The molecule has 7 heteroatoms. The molecule has 0 spiro atoms. The van der Waals surface area contributed by atoms with Crippen LogP contribution in [0.5, 0.6) is 0 Å². The van der Waals surface area contributed by atoms with Gasteiger partial charge in [0.25, 0.3) is 5.91 Å². The van der Waals surface area contributed by atoms with Crippen molar-refractivity contribution in [1.29, 1.82) is 0 Å². The number of ether oxygens (including phenoxy) is 1. The van der Waals surface area contributed by atoms with E-state index in [0.717, 1.165) is 24.1 Å². The SMILES string of the molecule is COC(=O)c1cccc(-c2ccc(/C=C3\SC(=Nc4ccccc4)N(CC4CCCCC4)C3=O)o2)c1. The van der Waals surface area contributed by atoms with Crippen LogP contribution in [-0.2, 0) is 9.53 Å². The molecule has 1 aromatic heterocycles. The first-order valence-corrected chi connectivity index (χ1v) is 13.1. The second-order valence-corrected chi connectivity index (χ2v) is 10.0. The van der Waals surface area contributed by atoms with Crippen LogP contribution in [0.15, 0.2) is 81.0 Å². The molecule has 36 heavy (non-hydrogen) atoms. The van der Waals surface area contributed by atoms with Gasteiger partial charge in [0.2, 0.25) is 0 Å². The number of benzene rings is 2. The van der Waals surface area contributed by atoms with Crippen molar-refractivity contribution in [3.05, 3.63) is 83.0 Å². The average molecular weight is 501 g/mol. The maximum atomic E-state index is 13.5. The molecule has 1 saturated carbocycles. The van der Waals surface area contributed by atoms with E-state index >= 15 is 0 Å². The van der Waals surface area contributed by atoms with Crippen LogP contribution in [0.2, 0.25) is 0 Å². The number of esters is 1. The van der Waals surface area contributed by atoms with Gasteiger partial charge in [-0.15, -0.1) is 0 Å². The van der Waals surface area contributed by atoms with Crippen molar-refractivity contribution in [1.82, 2.24) is 4.90 Å². The minimum Gasteiger partial charge on any atom is -0.465 e. The lowest BCUT2D eigenvalue weighted by atomic mass is 9.89. The van der Waals surface area contributed by atoms with E-state index < -0.39 is 5.97 Å². The molecule has 1 aliphatic heterocycles. The largest absolute Gasteiger partial charge is 0.465 e. The molecule has 0 unspecified atom stereocenters. The summed E-state index contributed by atoms with van der Waals surface area (Å²) in [7, 11) is 1.36. The number of para-hydroxylation sites is 1. The summed E-state index contributed by atoms with van der Waals surface area (Å²) in [5, 5.41) is 0.709. The first-order valence-electron chi connectivity index (χ1n) is 12.2. The van der Waals surface area contributed by atoms with E-state index in [4.69, 9.17) is 14.1 Å². The number of thioether (sulfide) groups is 1. The van der Waals surface area contributed by atoms with Gasteiger partial charge in [0, 0.05) is 18.2 Å². The van der Waals surface area contributed by atoms with E-state index in [0.29, 0.717) is 39.6 Å². The Morgan fingerprint density at radius 2 is 1.89 bits per heavy atom. The van der Waals surface area contributed by atoms with Crippen LogP contribution in [0.4, 0.5) is 5.69 Å². The highest BCUT2D eigenvalue weighted by Gasteiger charge is 2.35. The number of hydrogen-bond donors (Lipinski definition) is 0. The summed E-state index contributed by atoms with van der Waals surface area (Å²) in [6.07, 6.45) is 7.80. The number of carbonyl (C=O) groups is 2. The van der Waals surface area contributed by atoms with Crippen LogP contribution in [0.3, 0.4) is 0 Å². The van der Waals surface area contributed by atoms with Gasteiger partial charge in [-0.3, -0.25) is 9.69 Å². The second-order valence-electron chi connectivity index (χ2n) is 9.03. The number of carbonyl (C=O) groups excluding carboxylic acids is 2. The Morgan fingerprint density at radius 3 is 2.67 bits per heavy atom. The molecule has 0 radical (unpaired) electrons. The molecule has 0 bridgehead atoms. The summed E-state index contributed by atoms with van der Waals surface area (Å²) in [4.78, 5) is 32.6. The van der Waals surface area contributed by atoms with Crippen LogP contribution >= 0.6 is 11.8 Å². The van der Waals surface area contributed by atoms with E-state index in [9.17, 15) is 9.59 Å². The topological polar surface area (TPSA) is 72.1 Å². The Labute approximate surface area is 215 Å². The van der Waals surface area contributed by atoms with Gasteiger partial charge >= 0.3 is 5.97 Å². The number of hydrogen-bond acceptors (Lipinski definition) is 6. The number of rotatable bonds is 6. The van der Waals surface area contributed by atoms with Crippen molar-refractivity contribution < 1.29 is 18.7 Å². The monoisotopic (exact) mass is 500 g/mol. The third-order valence-corrected chi connectivity index (χ3v) is 7.51. The van der Waals surface area contributed by atoms with Gasteiger partial charge in [0.05, 0.1) is 23.3 Å². The maximum Gasteiger partial charge on any atom is 0.337 e. The highest BCUT2D eigenvalue weighted by atomic mass is 32.2. The fraction of sp³-hybridized carbons (Fsp3) is 0.276. The van der Waals surface area contributed by atoms with Gasteiger partial charge in [-0.2, -0.15) is 0 Å². The normalized spacial score (nSPS) is 18.8. The van der Waals surface area contributed by atoms with Gasteiger partial charge in [0.15, 0.2) is 5.17 Å². The molecule has 1 saturated heterocycles. The Morgan fingerprint density at radius 1 is 1.08 bits per heavy atom. The number of methoxy groups -OCH3 is 1. The molecule has 2 aromatic carbocycles. The number of amides is 1. The Hall–Kier alpha value is -3.58. The zero-order valence-corrected chi connectivity index (χ0v) is 21.0. The molecule has 0 N–H and O–H groups in total. The third kappa shape index (κ3) is 5.46. The van der Waals surface area contributed by atoms with Gasteiger partial charge in [-0.25, -0.2) is 9.79 Å². The number of furan rings is 1. The smallest absolute Gasteiger partial charge is 0.337 e. The molecule has 184 valence electrons. The quantitative estimate of drug-likeness (QED) is 0.271. The van der Waals surface area contributed by atoms with E-state index in [1.807, 2.05) is 53.4 Å². The lowest BCUT2D eigenvalue weighted by Crippen LogP contribution is -2.34. The summed E-state index contributed by atoms with van der Waals surface area (Å²) >= 11 is 1.39. The van der Waals surface area contributed by atoms with E-state index in [-0.39, 0.29) is 5.91 Å². The second kappa shape index (κ2) is 11.0. The van der Waals surface area contributed by atoms with Gasteiger partial charge in [0.1, 0.15) is 11.5 Å². The van der Waals surface area contributed by atoms with Crippen LogP contribution in [0.1, 0.15) is 48.2 Å². The standard InChI is InChI=1S/C29H28N2O4S/c1-34-28(33)22-12-8-11-21(17-22)25-16-15-24(35-25)18-26-27(32)31(19-20-9-4-2-5-10-20)29(36-26)30-23-13-6-3-7-14-23/h3,6-8,11-18,20H,2,4-5,9-10,19H2,1H3/b26-18-,30-29?. The predicted octanol–water partition coefficient (Wildman–Crippen LogP) is 6.92. The molecule has 5 rings (SSSR count). The van der Waals surface area contributed by atoms with Crippen molar-refractivity contribution in [2.45, 2.75) is 32.1 Å². The molecule has 2 aliphatic rings. The maximum absolute atomic E-state index is 13.5. The van der Waals surface area contributed by atoms with Crippen molar-refractivity contribution in [2.24, 2.45) is 10.9 Å². The fourth-order valence-corrected chi connectivity index (χ4v) is 5.61. The predicted molar refractivity (Wildman–Crippen MR) is 143 cm³/mol. The lowest BCUT2D eigenvalue weighted by Gasteiger charge is -2.26. The molecule has 6 nitrogen and oxygen atoms in total. The third-order valence-electron chi connectivity index (χ3n) is 6.50. The van der Waals surface area contributed by atoms with Crippen molar-refractivity contribution in [3.63, 3.8) is 0 Å². The van der Waals surface area contributed by atoms with Crippen LogP contribution in [0, 0.1) is 5.92 Å². The molecule has 1 aliphatic carbocycles. The van der Waals surface area contributed by atoms with E-state index in [1.165, 1.54) is 38.1 Å². The molecule has 2 heterocycles. The molecular weight excluding hydrogens is 472 g/mol. The fourth-order valence-electron chi connectivity index (χ4n) is 4.63. The highest BCUT2D eigenvalue weighted by molar-refractivity contribution is 8.18. The molecule has 1 amide bonds. The Balaban J connectivity index is 1.41. The van der Waals surface area contributed by atoms with Crippen LogP contribution in [-0.4, -0.2) is 35.6 Å². The zero-order chi connectivity index (χ0) is 24.9. The molecular formula is C29H28N2O4S. The average Bonchev–Trinajstić information content (AvgIpc) is 3.50. The minimum atomic E-state index is -0.401. The summed E-state index contributed by atoms with van der Waals surface area (Å²) in [6.45, 7) is 0.693. The highest BCUT2D eigenvalue weighted by Crippen LogP contribution is 2.37. The first kappa shape index (κ1) is 24.1. The van der Waals surface area contributed by atoms with E-state index in [1.54, 1.807) is 24.3 Å². The molecule has 0 atom stereocenters. The van der Waals surface area contributed by atoms with Crippen molar-refractivity contribution in [3.8, 4) is 11.3 Å². The summed E-state index contributed by atoms with van der Waals surface area (Å²) in [6, 6.07) is 20.5.